The third kappa shape index (κ3) is 14.5. The Morgan fingerprint density at radius 1 is 1.05 bits per heavy atom. The smallest absolute Gasteiger partial charge is 0.305 e. The molecule has 0 radical (unpaired) electrons. The van der Waals surface area contributed by atoms with Gasteiger partial charge in [-0.2, -0.15) is 8.42 Å². The van der Waals surface area contributed by atoms with Crippen molar-refractivity contribution in [1.29, 1.82) is 0 Å². The number of carbonyl (C=O) groups is 1. The van der Waals surface area contributed by atoms with Crippen molar-refractivity contribution >= 4 is 24.4 Å². The largest absolute Gasteiger partial charge is 0.464 e. The highest BCUT2D eigenvalue weighted by molar-refractivity contribution is 7.85. The fourth-order valence-corrected chi connectivity index (χ4v) is 3.56. The predicted octanol–water partition coefficient (Wildman–Crippen LogP) is 3.00. The summed E-state index contributed by atoms with van der Waals surface area (Å²) in [6.45, 7) is 4.16. The first-order valence-corrected chi connectivity index (χ1v) is 12.5. The summed E-state index contributed by atoms with van der Waals surface area (Å²) in [4.78, 5) is 11.3. The monoisotopic (exact) mass is 354 g/mol. The number of carbonyl (C=O) groups excluding carboxylic acids is 1. The zero-order valence-corrected chi connectivity index (χ0v) is 15.8. The number of hydrogen-bond acceptors (Lipinski definition) is 5. The van der Waals surface area contributed by atoms with Crippen molar-refractivity contribution < 1.29 is 26.9 Å². The van der Waals surface area contributed by atoms with Gasteiger partial charge in [0.05, 0.1) is 0 Å². The van der Waals surface area contributed by atoms with Crippen LogP contribution in [0.5, 0.6) is 0 Å². The quantitative estimate of drug-likeness (QED) is 0.237. The van der Waals surface area contributed by atoms with Gasteiger partial charge in [0.1, 0.15) is 12.4 Å². The van der Waals surface area contributed by atoms with Crippen LogP contribution in [-0.2, 0) is 24.1 Å². The van der Waals surface area contributed by atoms with Gasteiger partial charge in [0.2, 0.25) is 0 Å². The van der Waals surface area contributed by atoms with Gasteiger partial charge in [0.25, 0.3) is 10.1 Å². The van der Waals surface area contributed by atoms with Crippen molar-refractivity contribution in [1.82, 2.24) is 0 Å². The van der Waals surface area contributed by atoms with E-state index in [0.29, 0.717) is 6.42 Å². The fourth-order valence-electron chi connectivity index (χ4n) is 1.96. The minimum absolute atomic E-state index is 0.281. The van der Waals surface area contributed by atoms with Crippen LogP contribution in [-0.4, -0.2) is 46.7 Å². The SMILES string of the molecule is CO[Si](C)(C)CCCCCCCCC(=O)OCCS(=O)(=O)O. The Balaban J connectivity index is 3.41. The minimum Gasteiger partial charge on any atom is -0.464 e. The molecule has 1 N–H and O–H groups in total. The minimum atomic E-state index is -4.05. The molecule has 0 amide bonds. The van der Waals surface area contributed by atoms with Crippen LogP contribution in [0.1, 0.15) is 44.9 Å². The summed E-state index contributed by atoms with van der Waals surface area (Å²) in [5, 5.41) is 0. The lowest BCUT2D eigenvalue weighted by Crippen LogP contribution is -2.27. The van der Waals surface area contributed by atoms with Crippen molar-refractivity contribution in [2.45, 2.75) is 64.1 Å². The number of unbranched alkanes of at least 4 members (excludes halogenated alkanes) is 5. The third-order valence-electron chi connectivity index (χ3n) is 3.57. The number of rotatable bonds is 13. The zero-order chi connectivity index (χ0) is 17.1. The van der Waals surface area contributed by atoms with Gasteiger partial charge in [0, 0.05) is 13.5 Å². The normalized spacial score (nSPS) is 12.4. The lowest BCUT2D eigenvalue weighted by atomic mass is 10.1. The van der Waals surface area contributed by atoms with E-state index in [4.69, 9.17) is 13.7 Å². The lowest BCUT2D eigenvalue weighted by Gasteiger charge is -2.19. The Morgan fingerprint density at radius 2 is 1.59 bits per heavy atom. The molecule has 0 aliphatic rings. The summed E-state index contributed by atoms with van der Waals surface area (Å²) in [6.07, 6.45) is 6.67. The Hall–Kier alpha value is -0.443. The van der Waals surface area contributed by atoms with Crippen molar-refractivity contribution in [3.05, 3.63) is 0 Å². The summed E-state index contributed by atoms with van der Waals surface area (Å²) in [5.41, 5.74) is 0. The molecule has 0 aromatic heterocycles. The van der Waals surface area contributed by atoms with Crippen LogP contribution in [0.25, 0.3) is 0 Å². The number of ether oxygens (including phenoxy) is 1. The number of esters is 1. The van der Waals surface area contributed by atoms with Crippen LogP contribution in [0, 0.1) is 0 Å². The second kappa shape index (κ2) is 11.1. The van der Waals surface area contributed by atoms with Gasteiger partial charge in [0.15, 0.2) is 8.32 Å². The van der Waals surface area contributed by atoms with E-state index in [1.165, 1.54) is 18.9 Å². The second-order valence-electron chi connectivity index (χ2n) is 6.09. The fraction of sp³-hybridized carbons (Fsp3) is 0.929. The van der Waals surface area contributed by atoms with Crippen molar-refractivity contribution in [2.75, 3.05) is 19.5 Å². The van der Waals surface area contributed by atoms with E-state index in [1.807, 2.05) is 0 Å². The Labute approximate surface area is 135 Å². The Kier molecular flexibility index (Phi) is 10.9. The lowest BCUT2D eigenvalue weighted by molar-refractivity contribution is -0.143. The molecule has 22 heavy (non-hydrogen) atoms. The Bertz CT molecular complexity index is 408. The molecule has 0 bridgehead atoms. The molecule has 0 heterocycles. The molecular weight excluding hydrogens is 324 g/mol. The van der Waals surface area contributed by atoms with Gasteiger partial charge >= 0.3 is 5.97 Å². The first kappa shape index (κ1) is 21.6. The predicted molar refractivity (Wildman–Crippen MR) is 89.0 cm³/mol. The van der Waals surface area contributed by atoms with Crippen LogP contribution in [0.3, 0.4) is 0 Å². The zero-order valence-electron chi connectivity index (χ0n) is 14.0. The van der Waals surface area contributed by atoms with Crippen LogP contribution in [0.15, 0.2) is 0 Å². The van der Waals surface area contributed by atoms with Crippen LogP contribution in [0.4, 0.5) is 0 Å². The second-order valence-corrected chi connectivity index (χ2v) is 12.1. The molecule has 0 rings (SSSR count). The first-order chi connectivity index (χ1) is 10.2. The molecule has 132 valence electrons. The van der Waals surface area contributed by atoms with Crippen LogP contribution in [0.2, 0.25) is 19.1 Å². The molecule has 8 heteroatoms. The number of hydrogen-bond donors (Lipinski definition) is 1. The molecule has 0 aromatic rings. The highest BCUT2D eigenvalue weighted by atomic mass is 32.2. The highest BCUT2D eigenvalue weighted by Crippen LogP contribution is 2.16. The molecule has 0 aromatic carbocycles. The summed E-state index contributed by atoms with van der Waals surface area (Å²) in [7, 11) is -3.68. The third-order valence-corrected chi connectivity index (χ3v) is 6.91. The van der Waals surface area contributed by atoms with Crippen LogP contribution < -0.4 is 0 Å². The molecule has 0 saturated carbocycles. The first-order valence-electron chi connectivity index (χ1n) is 7.82. The molecule has 0 saturated heterocycles. The molecule has 0 unspecified atom stereocenters. The van der Waals surface area contributed by atoms with E-state index in [9.17, 15) is 13.2 Å². The van der Waals surface area contributed by atoms with Gasteiger partial charge in [-0.3, -0.25) is 9.35 Å². The molecule has 0 fully saturated rings. The van der Waals surface area contributed by atoms with E-state index < -0.39 is 30.2 Å². The molecule has 0 aliphatic carbocycles. The maximum absolute atomic E-state index is 11.3. The van der Waals surface area contributed by atoms with Gasteiger partial charge in [-0.1, -0.05) is 32.1 Å². The van der Waals surface area contributed by atoms with E-state index in [-0.39, 0.29) is 6.61 Å². The summed E-state index contributed by atoms with van der Waals surface area (Å²) >= 11 is 0. The van der Waals surface area contributed by atoms with E-state index >= 15 is 0 Å². The van der Waals surface area contributed by atoms with Crippen LogP contribution >= 0.6 is 0 Å². The molecule has 0 atom stereocenters. The summed E-state index contributed by atoms with van der Waals surface area (Å²) < 4.78 is 39.6. The molecule has 6 nitrogen and oxygen atoms in total. The topological polar surface area (TPSA) is 89.9 Å². The van der Waals surface area contributed by atoms with Gasteiger partial charge in [-0.25, -0.2) is 0 Å². The van der Waals surface area contributed by atoms with Crippen molar-refractivity contribution in [3.63, 3.8) is 0 Å². The maximum atomic E-state index is 11.3. The van der Waals surface area contributed by atoms with E-state index in [1.54, 1.807) is 7.11 Å². The van der Waals surface area contributed by atoms with Gasteiger partial charge in [-0.15, -0.1) is 0 Å². The highest BCUT2D eigenvalue weighted by Gasteiger charge is 2.19. The molecular formula is C14H30O6SSi. The van der Waals surface area contributed by atoms with Crippen molar-refractivity contribution in [2.24, 2.45) is 0 Å². The summed E-state index contributed by atoms with van der Waals surface area (Å²) in [6, 6.07) is 1.18. The van der Waals surface area contributed by atoms with Crippen molar-refractivity contribution in [3.8, 4) is 0 Å². The average Bonchev–Trinajstić information content (AvgIpc) is 2.40. The standard InChI is InChI=1S/C14H30O6SSi/c1-19-22(2,3)13-9-7-5-4-6-8-10-14(15)20-11-12-21(16,17)18/h4-13H2,1-3H3,(H,16,17,18). The van der Waals surface area contributed by atoms with E-state index in [0.717, 1.165) is 25.7 Å². The van der Waals surface area contributed by atoms with Gasteiger partial charge in [-0.05, 0) is 25.6 Å². The molecule has 0 aliphatic heterocycles. The molecule has 0 spiro atoms. The van der Waals surface area contributed by atoms with E-state index in [2.05, 4.69) is 13.1 Å². The summed E-state index contributed by atoms with van der Waals surface area (Å²) in [5.74, 6) is -0.948. The van der Waals surface area contributed by atoms with Gasteiger partial charge < -0.3 is 9.16 Å². The Morgan fingerprint density at radius 3 is 2.14 bits per heavy atom. The maximum Gasteiger partial charge on any atom is 0.305 e. The average molecular weight is 355 g/mol.